The number of aromatic nitrogens is 1. The van der Waals surface area contributed by atoms with Gasteiger partial charge in [0.25, 0.3) is 5.91 Å². The van der Waals surface area contributed by atoms with Crippen molar-refractivity contribution in [1.29, 1.82) is 0 Å². The fourth-order valence-electron chi connectivity index (χ4n) is 2.72. The van der Waals surface area contributed by atoms with Crippen LogP contribution in [0, 0.1) is 6.92 Å². The summed E-state index contributed by atoms with van der Waals surface area (Å²) in [5.41, 5.74) is 2.77. The lowest BCUT2D eigenvalue weighted by Crippen LogP contribution is -2.48. The second-order valence-electron chi connectivity index (χ2n) is 5.45. The second kappa shape index (κ2) is 6.36. The van der Waals surface area contributed by atoms with Gasteiger partial charge in [-0.3, -0.25) is 9.78 Å². The number of carbonyl (C=O) groups is 1. The number of anilines is 1. The van der Waals surface area contributed by atoms with Gasteiger partial charge in [-0.25, -0.2) is 0 Å². The first kappa shape index (κ1) is 14.9. The maximum Gasteiger partial charge on any atom is 0.254 e. The number of aryl methyl sites for hydroxylation is 1. The van der Waals surface area contributed by atoms with Crippen LogP contribution in [0.25, 0.3) is 0 Å². The van der Waals surface area contributed by atoms with Gasteiger partial charge in [-0.15, -0.1) is 0 Å². The Bertz CT molecular complexity index is 681. The number of halogens is 1. The molecule has 1 aromatic heterocycles. The molecule has 4 nitrogen and oxygen atoms in total. The topological polar surface area (TPSA) is 36.4 Å². The maximum absolute atomic E-state index is 12.6. The Morgan fingerprint density at radius 2 is 1.95 bits per heavy atom. The average molecular weight is 316 g/mol. The van der Waals surface area contributed by atoms with Gasteiger partial charge < -0.3 is 9.80 Å². The molecular weight excluding hydrogens is 298 g/mol. The molecule has 1 saturated heterocycles. The van der Waals surface area contributed by atoms with Crippen LogP contribution in [-0.4, -0.2) is 42.0 Å². The van der Waals surface area contributed by atoms with Crippen LogP contribution in [0.1, 0.15) is 15.9 Å². The Kier molecular flexibility index (Phi) is 4.29. The van der Waals surface area contributed by atoms with E-state index in [4.69, 9.17) is 11.6 Å². The quantitative estimate of drug-likeness (QED) is 0.855. The summed E-state index contributed by atoms with van der Waals surface area (Å²) < 4.78 is 0. The summed E-state index contributed by atoms with van der Waals surface area (Å²) in [6.07, 6.45) is 3.40. The Hall–Kier alpha value is -2.07. The van der Waals surface area contributed by atoms with E-state index >= 15 is 0 Å². The van der Waals surface area contributed by atoms with Crippen molar-refractivity contribution in [1.82, 2.24) is 9.88 Å². The van der Waals surface area contributed by atoms with Gasteiger partial charge in [0.1, 0.15) is 0 Å². The van der Waals surface area contributed by atoms with Crippen molar-refractivity contribution in [3.63, 3.8) is 0 Å². The minimum atomic E-state index is 0.0886. The Labute approximate surface area is 135 Å². The van der Waals surface area contributed by atoms with Crippen molar-refractivity contribution in [2.75, 3.05) is 31.1 Å². The standard InChI is InChI=1S/C17H18ClN3O/c1-13-12-19-6-5-16(13)17(22)21-9-7-20(8-10-21)15-4-2-3-14(18)11-15/h2-6,11-12H,7-10H2,1H3. The number of rotatable bonds is 2. The van der Waals surface area contributed by atoms with E-state index in [-0.39, 0.29) is 5.91 Å². The fraction of sp³-hybridized carbons (Fsp3) is 0.294. The highest BCUT2D eigenvalue weighted by atomic mass is 35.5. The number of carbonyl (C=O) groups excluding carboxylic acids is 1. The van der Waals surface area contributed by atoms with Gasteiger partial charge in [-0.1, -0.05) is 17.7 Å². The molecule has 0 radical (unpaired) electrons. The molecule has 22 heavy (non-hydrogen) atoms. The van der Waals surface area contributed by atoms with Gasteiger partial charge in [-0.05, 0) is 36.8 Å². The summed E-state index contributed by atoms with van der Waals surface area (Å²) in [7, 11) is 0. The molecule has 0 unspecified atom stereocenters. The summed E-state index contributed by atoms with van der Waals surface area (Å²) >= 11 is 6.04. The van der Waals surface area contributed by atoms with Crippen molar-refractivity contribution < 1.29 is 4.79 Å². The Morgan fingerprint density at radius 3 is 2.64 bits per heavy atom. The molecule has 1 fully saturated rings. The van der Waals surface area contributed by atoms with Gasteiger partial charge in [0.05, 0.1) is 0 Å². The lowest BCUT2D eigenvalue weighted by molar-refractivity contribution is 0.0746. The Morgan fingerprint density at radius 1 is 1.18 bits per heavy atom. The molecule has 0 bridgehead atoms. The fourth-order valence-corrected chi connectivity index (χ4v) is 2.91. The smallest absolute Gasteiger partial charge is 0.254 e. The van der Waals surface area contributed by atoms with Crippen molar-refractivity contribution in [3.8, 4) is 0 Å². The minimum Gasteiger partial charge on any atom is -0.368 e. The molecule has 5 heteroatoms. The van der Waals surface area contributed by atoms with Crippen LogP contribution in [0.4, 0.5) is 5.69 Å². The number of amides is 1. The van der Waals surface area contributed by atoms with E-state index in [0.717, 1.165) is 34.9 Å². The van der Waals surface area contributed by atoms with Gasteiger partial charge in [-0.2, -0.15) is 0 Å². The van der Waals surface area contributed by atoms with E-state index < -0.39 is 0 Å². The van der Waals surface area contributed by atoms with Crippen molar-refractivity contribution in [2.24, 2.45) is 0 Å². The number of hydrogen-bond donors (Lipinski definition) is 0. The van der Waals surface area contributed by atoms with E-state index in [1.807, 2.05) is 30.0 Å². The number of nitrogens with zero attached hydrogens (tertiary/aromatic N) is 3. The molecule has 1 aliphatic rings. The Balaban J connectivity index is 1.67. The zero-order valence-corrected chi connectivity index (χ0v) is 13.3. The highest BCUT2D eigenvalue weighted by Crippen LogP contribution is 2.21. The molecule has 3 rings (SSSR count). The SMILES string of the molecule is Cc1cnccc1C(=O)N1CCN(c2cccc(Cl)c2)CC1. The second-order valence-corrected chi connectivity index (χ2v) is 5.89. The van der Waals surface area contributed by atoms with Gasteiger partial charge in [0, 0.05) is 54.8 Å². The summed E-state index contributed by atoms with van der Waals surface area (Å²) in [4.78, 5) is 20.8. The molecule has 0 spiro atoms. The molecule has 0 atom stereocenters. The molecule has 1 aromatic carbocycles. The normalized spacial score (nSPS) is 15.0. The molecular formula is C17H18ClN3O. The summed E-state index contributed by atoms with van der Waals surface area (Å²) in [5.74, 6) is 0.0886. The highest BCUT2D eigenvalue weighted by Gasteiger charge is 2.23. The van der Waals surface area contributed by atoms with Crippen molar-refractivity contribution in [2.45, 2.75) is 6.92 Å². The summed E-state index contributed by atoms with van der Waals surface area (Å²) in [5, 5.41) is 0.739. The number of pyridine rings is 1. The first-order valence-electron chi connectivity index (χ1n) is 7.35. The third kappa shape index (κ3) is 3.07. The molecule has 0 N–H and O–H groups in total. The third-order valence-corrected chi connectivity index (χ3v) is 4.23. The predicted molar refractivity (Wildman–Crippen MR) is 88.5 cm³/mol. The molecule has 0 saturated carbocycles. The molecule has 1 aliphatic heterocycles. The molecule has 114 valence electrons. The zero-order valence-electron chi connectivity index (χ0n) is 12.5. The van der Waals surface area contributed by atoms with Gasteiger partial charge in [0.15, 0.2) is 0 Å². The van der Waals surface area contributed by atoms with Crippen LogP contribution in [0.3, 0.4) is 0 Å². The van der Waals surface area contributed by atoms with E-state index in [0.29, 0.717) is 13.1 Å². The molecule has 1 amide bonds. The summed E-state index contributed by atoms with van der Waals surface area (Å²) in [6.45, 7) is 4.98. The van der Waals surface area contributed by atoms with E-state index in [1.54, 1.807) is 18.5 Å². The monoisotopic (exact) mass is 315 g/mol. The number of piperazine rings is 1. The van der Waals surface area contributed by atoms with Gasteiger partial charge >= 0.3 is 0 Å². The van der Waals surface area contributed by atoms with Gasteiger partial charge in [0.2, 0.25) is 0 Å². The lowest BCUT2D eigenvalue weighted by Gasteiger charge is -2.36. The first-order valence-corrected chi connectivity index (χ1v) is 7.73. The van der Waals surface area contributed by atoms with Crippen LogP contribution in [0.15, 0.2) is 42.7 Å². The van der Waals surface area contributed by atoms with Crippen LogP contribution < -0.4 is 4.90 Å². The minimum absolute atomic E-state index is 0.0886. The number of benzene rings is 1. The van der Waals surface area contributed by atoms with Crippen LogP contribution >= 0.6 is 11.6 Å². The van der Waals surface area contributed by atoms with E-state index in [1.165, 1.54) is 0 Å². The summed E-state index contributed by atoms with van der Waals surface area (Å²) in [6, 6.07) is 9.63. The number of hydrogen-bond acceptors (Lipinski definition) is 3. The van der Waals surface area contributed by atoms with Crippen LogP contribution in [0.5, 0.6) is 0 Å². The maximum atomic E-state index is 12.6. The van der Waals surface area contributed by atoms with E-state index in [2.05, 4.69) is 16.0 Å². The zero-order chi connectivity index (χ0) is 15.5. The molecule has 2 heterocycles. The average Bonchev–Trinajstić information content (AvgIpc) is 2.55. The van der Waals surface area contributed by atoms with Crippen LogP contribution in [0.2, 0.25) is 5.02 Å². The molecule has 0 aliphatic carbocycles. The lowest BCUT2D eigenvalue weighted by atomic mass is 10.1. The van der Waals surface area contributed by atoms with Crippen molar-refractivity contribution in [3.05, 3.63) is 58.9 Å². The largest absolute Gasteiger partial charge is 0.368 e. The highest BCUT2D eigenvalue weighted by molar-refractivity contribution is 6.30. The van der Waals surface area contributed by atoms with Crippen molar-refractivity contribution >= 4 is 23.2 Å². The van der Waals surface area contributed by atoms with Crippen LogP contribution in [-0.2, 0) is 0 Å². The third-order valence-electron chi connectivity index (χ3n) is 3.99. The molecule has 2 aromatic rings. The van der Waals surface area contributed by atoms with E-state index in [9.17, 15) is 4.79 Å². The first-order chi connectivity index (χ1) is 10.6. The predicted octanol–water partition coefficient (Wildman–Crippen LogP) is 3.01.